The van der Waals surface area contributed by atoms with Crippen molar-refractivity contribution < 1.29 is 14.3 Å². The van der Waals surface area contributed by atoms with E-state index in [0.29, 0.717) is 28.6 Å². The van der Waals surface area contributed by atoms with Gasteiger partial charge in [-0.1, -0.05) is 11.8 Å². The molecule has 7 heteroatoms. The molecule has 1 aromatic heterocycles. The summed E-state index contributed by atoms with van der Waals surface area (Å²) in [6, 6.07) is 3.62. The molecule has 0 saturated carbocycles. The molecule has 0 saturated heterocycles. The van der Waals surface area contributed by atoms with Crippen LogP contribution in [-0.2, 0) is 6.42 Å². The van der Waals surface area contributed by atoms with Gasteiger partial charge in [-0.25, -0.2) is 4.98 Å². The summed E-state index contributed by atoms with van der Waals surface area (Å²) < 4.78 is 10.5. The van der Waals surface area contributed by atoms with E-state index in [-0.39, 0.29) is 11.0 Å². The van der Waals surface area contributed by atoms with Gasteiger partial charge >= 0.3 is 0 Å². The van der Waals surface area contributed by atoms with E-state index in [2.05, 4.69) is 15.2 Å². The molecule has 0 spiro atoms. The minimum absolute atomic E-state index is 0.0819. The number of nitrogens with one attached hydrogen (secondary N) is 1. The van der Waals surface area contributed by atoms with Crippen LogP contribution in [0.2, 0.25) is 0 Å². The maximum Gasteiger partial charge on any atom is 0.209 e. The average molecular weight is 305 g/mol. The zero-order valence-electron chi connectivity index (χ0n) is 12.0. The summed E-state index contributed by atoms with van der Waals surface area (Å²) in [5, 5.41) is 7.24. The molecule has 1 aliphatic rings. The summed E-state index contributed by atoms with van der Waals surface area (Å²) in [6.07, 6.45) is 0.646. The SMILES string of the molecule is COc1cc2c(cc1OC)C(=O)[C@@H](Sc1n[nH]c(C)n1)C2. The van der Waals surface area contributed by atoms with Gasteiger partial charge in [-0.2, -0.15) is 0 Å². The van der Waals surface area contributed by atoms with E-state index >= 15 is 0 Å². The highest BCUT2D eigenvalue weighted by atomic mass is 32.2. The topological polar surface area (TPSA) is 77.1 Å². The molecule has 1 aromatic carbocycles. The molecule has 0 bridgehead atoms. The number of carbonyl (C=O) groups is 1. The molecular weight excluding hydrogens is 290 g/mol. The number of thioether (sulfide) groups is 1. The van der Waals surface area contributed by atoms with Gasteiger partial charge in [0.1, 0.15) is 5.82 Å². The summed E-state index contributed by atoms with van der Waals surface area (Å²) in [4.78, 5) is 16.7. The van der Waals surface area contributed by atoms with E-state index in [1.54, 1.807) is 20.3 Å². The van der Waals surface area contributed by atoms with E-state index in [0.717, 1.165) is 11.4 Å². The highest BCUT2D eigenvalue weighted by Gasteiger charge is 2.33. The number of aromatic nitrogens is 3. The molecule has 0 amide bonds. The largest absolute Gasteiger partial charge is 0.493 e. The molecule has 0 fully saturated rings. The smallest absolute Gasteiger partial charge is 0.209 e. The van der Waals surface area contributed by atoms with Crippen molar-refractivity contribution in [3.63, 3.8) is 0 Å². The van der Waals surface area contributed by atoms with Crippen LogP contribution < -0.4 is 9.47 Å². The summed E-state index contributed by atoms with van der Waals surface area (Å²) in [5.74, 6) is 2.04. The zero-order valence-corrected chi connectivity index (χ0v) is 12.8. The highest BCUT2D eigenvalue weighted by Crippen LogP contribution is 2.39. The van der Waals surface area contributed by atoms with Crippen LogP contribution in [-0.4, -0.2) is 40.4 Å². The lowest BCUT2D eigenvalue weighted by molar-refractivity contribution is 0.1000. The molecule has 0 unspecified atom stereocenters. The van der Waals surface area contributed by atoms with E-state index in [9.17, 15) is 4.79 Å². The van der Waals surface area contributed by atoms with Crippen LogP contribution in [0, 0.1) is 6.92 Å². The second kappa shape index (κ2) is 5.40. The molecule has 6 nitrogen and oxygen atoms in total. The monoisotopic (exact) mass is 305 g/mol. The Hall–Kier alpha value is -2.02. The molecule has 1 atom stereocenters. The third-order valence-corrected chi connectivity index (χ3v) is 4.46. The number of ketones is 1. The molecule has 0 aliphatic heterocycles. The minimum Gasteiger partial charge on any atom is -0.493 e. The molecule has 110 valence electrons. The summed E-state index contributed by atoms with van der Waals surface area (Å²) in [5.41, 5.74) is 1.67. The van der Waals surface area contributed by atoms with E-state index in [4.69, 9.17) is 9.47 Å². The summed E-state index contributed by atoms with van der Waals surface area (Å²) in [6.45, 7) is 1.83. The Bertz CT molecular complexity index is 699. The van der Waals surface area contributed by atoms with Gasteiger partial charge in [-0.05, 0) is 31.0 Å². The Morgan fingerprint density at radius 1 is 1.29 bits per heavy atom. The molecule has 1 aliphatic carbocycles. The standard InChI is InChI=1S/C14H15N3O3S/c1-7-15-14(17-16-7)21-12-5-8-4-10(19-2)11(20-3)6-9(8)13(12)18/h4,6,12H,5H2,1-3H3,(H,15,16,17)/t12-/m0/s1. The van der Waals surface area contributed by atoms with Crippen LogP contribution in [0.5, 0.6) is 11.5 Å². The minimum atomic E-state index is -0.202. The van der Waals surface area contributed by atoms with Crippen molar-refractivity contribution >= 4 is 17.5 Å². The van der Waals surface area contributed by atoms with Gasteiger partial charge in [0.15, 0.2) is 17.3 Å². The van der Waals surface area contributed by atoms with Gasteiger partial charge in [0.05, 0.1) is 19.5 Å². The summed E-state index contributed by atoms with van der Waals surface area (Å²) >= 11 is 1.38. The van der Waals surface area contributed by atoms with Crippen molar-refractivity contribution in [2.24, 2.45) is 0 Å². The second-order valence-corrected chi connectivity index (χ2v) is 5.91. The fourth-order valence-electron chi connectivity index (χ4n) is 2.38. The Balaban J connectivity index is 1.87. The van der Waals surface area contributed by atoms with Crippen molar-refractivity contribution in [3.8, 4) is 11.5 Å². The first-order chi connectivity index (χ1) is 10.1. The first-order valence-corrected chi connectivity index (χ1v) is 7.35. The van der Waals surface area contributed by atoms with Crippen molar-refractivity contribution in [2.75, 3.05) is 14.2 Å². The molecular formula is C14H15N3O3S. The molecule has 1 N–H and O–H groups in total. The van der Waals surface area contributed by atoms with Crippen LogP contribution in [0.4, 0.5) is 0 Å². The lowest BCUT2D eigenvalue weighted by Gasteiger charge is -2.09. The number of fused-ring (bicyclic) bond motifs is 1. The fraction of sp³-hybridized carbons (Fsp3) is 0.357. The first-order valence-electron chi connectivity index (χ1n) is 6.47. The van der Waals surface area contributed by atoms with Crippen LogP contribution in [0.15, 0.2) is 17.3 Å². The fourth-order valence-corrected chi connectivity index (χ4v) is 3.42. The number of ether oxygens (including phenoxy) is 2. The molecule has 0 radical (unpaired) electrons. The normalized spacial score (nSPS) is 16.9. The van der Waals surface area contributed by atoms with Crippen LogP contribution >= 0.6 is 11.8 Å². The van der Waals surface area contributed by atoms with E-state index < -0.39 is 0 Å². The predicted molar refractivity (Wildman–Crippen MR) is 78.3 cm³/mol. The quantitative estimate of drug-likeness (QED) is 0.931. The molecule has 2 aromatic rings. The average Bonchev–Trinajstić information content (AvgIpc) is 3.02. The van der Waals surface area contributed by atoms with Gasteiger partial charge < -0.3 is 9.47 Å². The third kappa shape index (κ3) is 2.49. The number of aryl methyl sites for hydroxylation is 1. The molecule has 3 rings (SSSR count). The number of benzene rings is 1. The predicted octanol–water partition coefficient (Wildman–Crippen LogP) is 2.03. The van der Waals surface area contributed by atoms with Gasteiger partial charge in [0, 0.05) is 5.56 Å². The number of nitrogens with zero attached hydrogens (tertiary/aromatic N) is 2. The van der Waals surface area contributed by atoms with Gasteiger partial charge in [-0.3, -0.25) is 9.89 Å². The number of rotatable bonds is 4. The van der Waals surface area contributed by atoms with Gasteiger partial charge in [0.2, 0.25) is 5.16 Å². The van der Waals surface area contributed by atoms with E-state index in [1.165, 1.54) is 11.8 Å². The van der Waals surface area contributed by atoms with Crippen molar-refractivity contribution in [2.45, 2.75) is 23.8 Å². The maximum absolute atomic E-state index is 12.5. The number of hydrogen-bond donors (Lipinski definition) is 1. The van der Waals surface area contributed by atoms with Crippen molar-refractivity contribution in [1.82, 2.24) is 15.2 Å². The third-order valence-electron chi connectivity index (χ3n) is 3.40. The number of Topliss-reactive ketones (excluding diaryl/α,β-unsaturated/α-hetero) is 1. The number of aromatic amines is 1. The Morgan fingerprint density at radius 3 is 2.62 bits per heavy atom. The lowest BCUT2D eigenvalue weighted by Crippen LogP contribution is -2.11. The van der Waals surface area contributed by atoms with Crippen LogP contribution in [0.3, 0.4) is 0 Å². The van der Waals surface area contributed by atoms with Crippen molar-refractivity contribution in [1.29, 1.82) is 0 Å². The number of H-pyrrole nitrogens is 1. The lowest BCUT2D eigenvalue weighted by atomic mass is 10.1. The van der Waals surface area contributed by atoms with E-state index in [1.807, 2.05) is 13.0 Å². The Labute approximate surface area is 126 Å². The number of hydrogen-bond acceptors (Lipinski definition) is 6. The summed E-state index contributed by atoms with van der Waals surface area (Å²) in [7, 11) is 3.15. The van der Waals surface area contributed by atoms with Crippen LogP contribution in [0.25, 0.3) is 0 Å². The number of carbonyl (C=O) groups excluding carboxylic acids is 1. The molecule has 1 heterocycles. The zero-order chi connectivity index (χ0) is 15.0. The first kappa shape index (κ1) is 13.9. The Morgan fingerprint density at radius 2 is 2.00 bits per heavy atom. The van der Waals surface area contributed by atoms with Gasteiger partial charge in [-0.15, -0.1) is 5.10 Å². The van der Waals surface area contributed by atoms with Crippen molar-refractivity contribution in [3.05, 3.63) is 29.1 Å². The number of methoxy groups -OCH3 is 2. The highest BCUT2D eigenvalue weighted by molar-refractivity contribution is 8.00. The second-order valence-electron chi connectivity index (χ2n) is 4.74. The Kier molecular flexibility index (Phi) is 3.59. The molecule has 21 heavy (non-hydrogen) atoms. The van der Waals surface area contributed by atoms with Crippen LogP contribution in [0.1, 0.15) is 21.7 Å². The van der Waals surface area contributed by atoms with Gasteiger partial charge in [0.25, 0.3) is 0 Å². The maximum atomic E-state index is 12.5.